The van der Waals surface area contributed by atoms with Gasteiger partial charge < -0.3 is 14.2 Å². The summed E-state index contributed by atoms with van der Waals surface area (Å²) in [5, 5.41) is 3.55. The third-order valence-corrected chi connectivity index (χ3v) is 3.94. The SMILES string of the molecule is CC(=O)O[C@H]1[C@@H](F)[C@H](n2ncc(=O)[nH]c2=O)O[C@@H]1COC(=O)c1ccccc1. The molecule has 1 aliphatic heterocycles. The third kappa shape index (κ3) is 4.14. The number of esters is 2. The first kappa shape index (κ1) is 19.4. The molecule has 11 heteroatoms. The normalized spacial score (nSPS) is 23.9. The number of nitrogens with zero attached hydrogens (tertiary/aromatic N) is 2. The highest BCUT2D eigenvalue weighted by Crippen LogP contribution is 2.33. The van der Waals surface area contributed by atoms with Gasteiger partial charge in [-0.1, -0.05) is 18.2 Å². The highest BCUT2D eigenvalue weighted by molar-refractivity contribution is 5.89. The molecule has 1 aromatic heterocycles. The summed E-state index contributed by atoms with van der Waals surface area (Å²) in [6.45, 7) is 0.651. The van der Waals surface area contributed by atoms with E-state index < -0.39 is 54.4 Å². The Labute approximate surface area is 156 Å². The van der Waals surface area contributed by atoms with Crippen molar-refractivity contribution in [1.29, 1.82) is 0 Å². The molecule has 148 valence electrons. The number of carbonyl (C=O) groups excluding carboxylic acids is 2. The predicted octanol–water partition coefficient (Wildman–Crippen LogP) is -0.0442. The van der Waals surface area contributed by atoms with Gasteiger partial charge in [0.1, 0.15) is 18.9 Å². The molecular weight excluding hydrogens is 377 g/mol. The van der Waals surface area contributed by atoms with Crippen molar-refractivity contribution >= 4 is 11.9 Å². The van der Waals surface area contributed by atoms with Crippen LogP contribution in [0.5, 0.6) is 0 Å². The lowest BCUT2D eigenvalue weighted by atomic mass is 10.1. The fourth-order valence-corrected chi connectivity index (χ4v) is 2.72. The monoisotopic (exact) mass is 393 g/mol. The quantitative estimate of drug-likeness (QED) is 0.701. The van der Waals surface area contributed by atoms with Crippen molar-refractivity contribution in [1.82, 2.24) is 14.8 Å². The Morgan fingerprint density at radius 2 is 2.00 bits per heavy atom. The number of aromatic amines is 1. The molecule has 4 atom stereocenters. The van der Waals surface area contributed by atoms with Crippen LogP contribution in [0.3, 0.4) is 0 Å². The minimum atomic E-state index is -1.99. The van der Waals surface area contributed by atoms with Gasteiger partial charge >= 0.3 is 17.6 Å². The summed E-state index contributed by atoms with van der Waals surface area (Å²) in [6.07, 6.45) is -5.40. The molecule has 0 amide bonds. The lowest BCUT2D eigenvalue weighted by Crippen LogP contribution is -2.39. The molecule has 1 fully saturated rings. The molecule has 1 N–H and O–H groups in total. The lowest BCUT2D eigenvalue weighted by Gasteiger charge is -2.18. The number of carbonyl (C=O) groups is 2. The minimum Gasteiger partial charge on any atom is -0.459 e. The standard InChI is InChI=1S/C17H16FN3O7/c1-9(22)27-14-11(8-26-16(24)10-5-3-2-4-6-10)28-15(13(14)18)21-17(25)20-12(23)7-19-21/h2-7,11,13-15H,8H2,1H3,(H,20,23,25)/t11-,13-,14-,15-/m1/s1. The Hall–Kier alpha value is -3.34. The average molecular weight is 393 g/mol. The number of halogens is 1. The second-order valence-corrected chi connectivity index (χ2v) is 5.93. The maximum atomic E-state index is 14.8. The van der Waals surface area contributed by atoms with Gasteiger partial charge in [0.2, 0.25) is 0 Å². The molecule has 28 heavy (non-hydrogen) atoms. The van der Waals surface area contributed by atoms with Crippen LogP contribution in [0.2, 0.25) is 0 Å². The number of alkyl halides is 1. The van der Waals surface area contributed by atoms with Crippen molar-refractivity contribution in [2.45, 2.75) is 31.5 Å². The Bertz CT molecular complexity index is 974. The number of H-pyrrole nitrogens is 1. The zero-order valence-corrected chi connectivity index (χ0v) is 14.6. The van der Waals surface area contributed by atoms with Crippen LogP contribution in [-0.2, 0) is 19.0 Å². The molecule has 0 saturated carbocycles. The first-order valence-electron chi connectivity index (χ1n) is 8.24. The van der Waals surface area contributed by atoms with Crippen LogP contribution in [0.25, 0.3) is 0 Å². The number of hydrogen-bond donors (Lipinski definition) is 1. The zero-order chi connectivity index (χ0) is 20.3. The molecule has 3 rings (SSSR count). The van der Waals surface area contributed by atoms with Crippen molar-refractivity contribution < 1.29 is 28.2 Å². The summed E-state index contributed by atoms with van der Waals surface area (Å²) in [5.74, 6) is -1.46. The van der Waals surface area contributed by atoms with Crippen LogP contribution in [0, 0.1) is 0 Å². The van der Waals surface area contributed by atoms with E-state index in [0.29, 0.717) is 4.68 Å². The molecule has 0 radical (unpaired) electrons. The summed E-state index contributed by atoms with van der Waals surface area (Å²) < 4.78 is 30.9. The van der Waals surface area contributed by atoms with E-state index in [1.165, 1.54) is 12.1 Å². The highest BCUT2D eigenvalue weighted by Gasteiger charge is 2.49. The molecular formula is C17H16FN3O7. The van der Waals surface area contributed by atoms with Crippen molar-refractivity contribution in [2.75, 3.05) is 6.61 Å². The summed E-state index contributed by atoms with van der Waals surface area (Å²) >= 11 is 0. The van der Waals surface area contributed by atoms with Crippen molar-refractivity contribution in [3.8, 4) is 0 Å². The fraction of sp³-hybridized carbons (Fsp3) is 0.353. The van der Waals surface area contributed by atoms with E-state index in [9.17, 15) is 23.6 Å². The topological polar surface area (TPSA) is 130 Å². The van der Waals surface area contributed by atoms with Gasteiger partial charge in [0.15, 0.2) is 18.5 Å². The van der Waals surface area contributed by atoms with Gasteiger partial charge in [0.25, 0.3) is 5.56 Å². The predicted molar refractivity (Wildman–Crippen MR) is 90.2 cm³/mol. The Kier molecular flexibility index (Phi) is 5.64. The van der Waals surface area contributed by atoms with Gasteiger partial charge in [-0.3, -0.25) is 14.6 Å². The second kappa shape index (κ2) is 8.13. The molecule has 10 nitrogen and oxygen atoms in total. The average Bonchev–Trinajstić information content (AvgIpc) is 2.96. The highest BCUT2D eigenvalue weighted by atomic mass is 19.1. The number of hydrogen-bond acceptors (Lipinski definition) is 8. The number of ether oxygens (including phenoxy) is 3. The molecule has 1 saturated heterocycles. The summed E-state index contributed by atoms with van der Waals surface area (Å²) in [5.41, 5.74) is -1.49. The number of aromatic nitrogens is 3. The van der Waals surface area contributed by atoms with E-state index in [0.717, 1.165) is 13.1 Å². The van der Waals surface area contributed by atoms with Crippen LogP contribution in [0.4, 0.5) is 4.39 Å². The summed E-state index contributed by atoms with van der Waals surface area (Å²) in [4.78, 5) is 48.3. The molecule has 2 aromatic rings. The Morgan fingerprint density at radius 3 is 2.64 bits per heavy atom. The fourth-order valence-electron chi connectivity index (χ4n) is 2.72. The number of benzene rings is 1. The van der Waals surface area contributed by atoms with Crippen LogP contribution >= 0.6 is 0 Å². The lowest BCUT2D eigenvalue weighted by molar-refractivity contribution is -0.152. The molecule has 0 bridgehead atoms. The smallest absolute Gasteiger partial charge is 0.347 e. The van der Waals surface area contributed by atoms with E-state index >= 15 is 0 Å². The number of nitrogens with one attached hydrogen (secondary N) is 1. The summed E-state index contributed by atoms with van der Waals surface area (Å²) in [7, 11) is 0. The van der Waals surface area contributed by atoms with Crippen LogP contribution in [-0.4, -0.2) is 51.7 Å². The van der Waals surface area contributed by atoms with E-state index in [-0.39, 0.29) is 5.56 Å². The van der Waals surface area contributed by atoms with Crippen molar-refractivity contribution in [3.05, 3.63) is 62.9 Å². The molecule has 0 aliphatic carbocycles. The van der Waals surface area contributed by atoms with Crippen molar-refractivity contribution in [2.24, 2.45) is 0 Å². The Balaban J connectivity index is 1.78. The zero-order valence-electron chi connectivity index (χ0n) is 14.6. The first-order valence-corrected chi connectivity index (χ1v) is 8.24. The molecule has 1 aliphatic rings. The van der Waals surface area contributed by atoms with Crippen LogP contribution in [0.1, 0.15) is 23.5 Å². The van der Waals surface area contributed by atoms with Crippen molar-refractivity contribution in [3.63, 3.8) is 0 Å². The van der Waals surface area contributed by atoms with Crippen LogP contribution in [0.15, 0.2) is 46.1 Å². The molecule has 0 spiro atoms. The largest absolute Gasteiger partial charge is 0.459 e. The van der Waals surface area contributed by atoms with Crippen LogP contribution < -0.4 is 11.2 Å². The molecule has 0 unspecified atom stereocenters. The van der Waals surface area contributed by atoms with Gasteiger partial charge in [-0.2, -0.15) is 9.78 Å². The van der Waals surface area contributed by atoms with Gasteiger partial charge in [-0.15, -0.1) is 0 Å². The van der Waals surface area contributed by atoms with E-state index in [1.54, 1.807) is 18.2 Å². The maximum Gasteiger partial charge on any atom is 0.347 e. The maximum absolute atomic E-state index is 14.8. The van der Waals surface area contributed by atoms with Gasteiger partial charge in [0.05, 0.1) is 5.56 Å². The first-order chi connectivity index (χ1) is 13.4. The Morgan fingerprint density at radius 1 is 1.29 bits per heavy atom. The van der Waals surface area contributed by atoms with E-state index in [4.69, 9.17) is 14.2 Å². The second-order valence-electron chi connectivity index (χ2n) is 5.93. The molecule has 2 heterocycles. The van der Waals surface area contributed by atoms with Gasteiger partial charge in [0, 0.05) is 6.92 Å². The van der Waals surface area contributed by atoms with Gasteiger partial charge in [-0.25, -0.2) is 14.0 Å². The third-order valence-electron chi connectivity index (χ3n) is 3.94. The van der Waals surface area contributed by atoms with Gasteiger partial charge in [-0.05, 0) is 12.1 Å². The van der Waals surface area contributed by atoms with E-state index in [1.807, 2.05) is 4.98 Å². The number of rotatable bonds is 5. The minimum absolute atomic E-state index is 0.274. The molecule has 1 aromatic carbocycles. The summed E-state index contributed by atoms with van der Waals surface area (Å²) in [6, 6.07) is 8.08. The van der Waals surface area contributed by atoms with E-state index in [2.05, 4.69) is 5.10 Å².